The second-order valence-electron chi connectivity index (χ2n) is 6.49. The minimum atomic E-state index is 0.354. The van der Waals surface area contributed by atoms with Crippen LogP contribution in [0.5, 0.6) is 0 Å². The van der Waals surface area contributed by atoms with Crippen molar-refractivity contribution >= 4 is 0 Å². The second kappa shape index (κ2) is 11.2. The van der Waals surface area contributed by atoms with Crippen LogP contribution in [0, 0.1) is 0 Å². The van der Waals surface area contributed by atoms with Crippen molar-refractivity contribution in [2.45, 2.75) is 77.5 Å². The molecule has 0 amide bonds. The smallest absolute Gasteiger partial charge is 0.0855 e. The topological polar surface area (TPSA) is 24.5 Å². The Balaban J connectivity index is 2.41. The van der Waals surface area contributed by atoms with Gasteiger partial charge in [0.2, 0.25) is 0 Å². The summed E-state index contributed by atoms with van der Waals surface area (Å²) in [4.78, 5) is 2.55. The highest BCUT2D eigenvalue weighted by atomic mass is 16.5. The summed E-state index contributed by atoms with van der Waals surface area (Å²) in [6, 6.07) is 1.13. The molecule has 1 fully saturated rings. The normalized spacial score (nSPS) is 21.6. The third-order valence-electron chi connectivity index (χ3n) is 4.38. The molecule has 0 aromatic rings. The summed E-state index contributed by atoms with van der Waals surface area (Å²) in [7, 11) is 0. The summed E-state index contributed by atoms with van der Waals surface area (Å²) in [6.07, 6.45) is 9.81. The molecule has 0 aliphatic carbocycles. The van der Waals surface area contributed by atoms with E-state index in [4.69, 9.17) is 4.74 Å². The highest BCUT2D eigenvalue weighted by molar-refractivity contribution is 4.84. The first-order valence-corrected chi connectivity index (χ1v) is 8.89. The summed E-state index contributed by atoms with van der Waals surface area (Å²) >= 11 is 0. The number of nitrogens with zero attached hydrogens (tertiary/aromatic N) is 1. The molecule has 1 N–H and O–H groups in total. The summed E-state index contributed by atoms with van der Waals surface area (Å²) < 4.78 is 6.08. The van der Waals surface area contributed by atoms with Crippen LogP contribution < -0.4 is 5.32 Å². The van der Waals surface area contributed by atoms with E-state index in [1.165, 1.54) is 32.1 Å². The number of allylic oxidation sites excluding steroid dienone is 1. The van der Waals surface area contributed by atoms with E-state index in [9.17, 15) is 0 Å². The molecule has 1 saturated heterocycles. The van der Waals surface area contributed by atoms with E-state index in [0.717, 1.165) is 32.7 Å². The van der Waals surface area contributed by atoms with Crippen LogP contribution in [-0.2, 0) is 4.74 Å². The Morgan fingerprint density at radius 1 is 1.33 bits per heavy atom. The second-order valence-corrected chi connectivity index (χ2v) is 6.49. The first-order chi connectivity index (χ1) is 10.2. The van der Waals surface area contributed by atoms with Gasteiger partial charge in [0, 0.05) is 25.2 Å². The van der Waals surface area contributed by atoms with E-state index in [1.54, 1.807) is 0 Å². The van der Waals surface area contributed by atoms with Crippen LogP contribution in [0.3, 0.4) is 0 Å². The first-order valence-electron chi connectivity index (χ1n) is 8.89. The molecule has 0 aromatic carbocycles. The first kappa shape index (κ1) is 18.7. The lowest BCUT2D eigenvalue weighted by atomic mass is 10.0. The van der Waals surface area contributed by atoms with Crippen LogP contribution >= 0.6 is 0 Å². The van der Waals surface area contributed by atoms with Gasteiger partial charge in [0.15, 0.2) is 0 Å². The number of morpholine rings is 1. The van der Waals surface area contributed by atoms with Crippen molar-refractivity contribution in [2.75, 3.05) is 26.2 Å². The summed E-state index contributed by atoms with van der Waals surface area (Å²) in [5, 5.41) is 3.72. The quantitative estimate of drug-likeness (QED) is 0.466. The molecule has 0 spiro atoms. The maximum atomic E-state index is 6.08. The van der Waals surface area contributed by atoms with Crippen molar-refractivity contribution in [2.24, 2.45) is 0 Å². The van der Waals surface area contributed by atoms with Gasteiger partial charge in [-0.25, -0.2) is 0 Å². The molecule has 1 heterocycles. The molecule has 124 valence electrons. The maximum Gasteiger partial charge on any atom is 0.0855 e. The minimum Gasteiger partial charge on any atom is -0.374 e. The SMILES string of the molecule is C=CCCCCCC(NCCC)C1CN(C(C)C)CCO1. The Hall–Kier alpha value is -0.380. The fraction of sp³-hybridized carbons (Fsp3) is 0.889. The lowest BCUT2D eigenvalue weighted by Gasteiger charge is -2.39. The zero-order valence-corrected chi connectivity index (χ0v) is 14.4. The highest BCUT2D eigenvalue weighted by Crippen LogP contribution is 2.16. The van der Waals surface area contributed by atoms with Crippen molar-refractivity contribution in [3.05, 3.63) is 12.7 Å². The fourth-order valence-corrected chi connectivity index (χ4v) is 2.99. The van der Waals surface area contributed by atoms with Gasteiger partial charge >= 0.3 is 0 Å². The van der Waals surface area contributed by atoms with Crippen LogP contribution in [0.1, 0.15) is 59.3 Å². The van der Waals surface area contributed by atoms with Crippen molar-refractivity contribution in [3.63, 3.8) is 0 Å². The Labute approximate surface area is 132 Å². The molecule has 0 radical (unpaired) electrons. The van der Waals surface area contributed by atoms with Crippen LogP contribution in [0.15, 0.2) is 12.7 Å². The molecule has 3 nitrogen and oxygen atoms in total. The number of rotatable bonds is 11. The average Bonchev–Trinajstić information content (AvgIpc) is 2.50. The van der Waals surface area contributed by atoms with Crippen LogP contribution in [0.25, 0.3) is 0 Å². The molecule has 3 heteroatoms. The largest absolute Gasteiger partial charge is 0.374 e. The van der Waals surface area contributed by atoms with Gasteiger partial charge < -0.3 is 10.1 Å². The molecule has 1 aliphatic rings. The summed E-state index contributed by atoms with van der Waals surface area (Å²) in [5.74, 6) is 0. The van der Waals surface area contributed by atoms with E-state index in [2.05, 4.69) is 37.6 Å². The third-order valence-corrected chi connectivity index (χ3v) is 4.38. The molecule has 2 unspecified atom stereocenters. The Kier molecular flexibility index (Phi) is 9.98. The van der Waals surface area contributed by atoms with Gasteiger partial charge in [0.05, 0.1) is 12.7 Å². The third kappa shape index (κ3) is 7.44. The van der Waals surface area contributed by atoms with Crippen molar-refractivity contribution in [3.8, 4) is 0 Å². The van der Waals surface area contributed by atoms with Crippen LogP contribution in [-0.4, -0.2) is 49.3 Å². The van der Waals surface area contributed by atoms with Crippen LogP contribution in [0.4, 0.5) is 0 Å². The molecular formula is C18H36N2O. The molecule has 2 atom stereocenters. The van der Waals surface area contributed by atoms with E-state index >= 15 is 0 Å². The van der Waals surface area contributed by atoms with Gasteiger partial charge in [-0.15, -0.1) is 6.58 Å². The predicted octanol–water partition coefficient (Wildman–Crippen LogP) is 3.60. The lowest BCUT2D eigenvalue weighted by Crippen LogP contribution is -2.53. The molecule has 0 saturated carbocycles. The van der Waals surface area contributed by atoms with Gasteiger partial charge in [0.25, 0.3) is 0 Å². The molecule has 1 aliphatic heterocycles. The van der Waals surface area contributed by atoms with E-state index in [0.29, 0.717) is 18.2 Å². The number of ether oxygens (including phenoxy) is 1. The number of hydrogen-bond acceptors (Lipinski definition) is 3. The van der Waals surface area contributed by atoms with Gasteiger partial charge in [-0.2, -0.15) is 0 Å². The Morgan fingerprint density at radius 3 is 2.81 bits per heavy atom. The number of hydrogen-bond donors (Lipinski definition) is 1. The minimum absolute atomic E-state index is 0.354. The van der Waals surface area contributed by atoms with E-state index in [-0.39, 0.29) is 0 Å². The van der Waals surface area contributed by atoms with Crippen molar-refractivity contribution in [1.29, 1.82) is 0 Å². The predicted molar refractivity (Wildman–Crippen MR) is 91.8 cm³/mol. The Bertz CT molecular complexity index is 268. The fourth-order valence-electron chi connectivity index (χ4n) is 2.99. The van der Waals surface area contributed by atoms with Crippen molar-refractivity contribution in [1.82, 2.24) is 10.2 Å². The maximum absolute atomic E-state index is 6.08. The molecule has 21 heavy (non-hydrogen) atoms. The van der Waals surface area contributed by atoms with Gasteiger partial charge in [-0.3, -0.25) is 4.90 Å². The zero-order chi connectivity index (χ0) is 15.5. The standard InChI is InChI=1S/C18H36N2O/c1-5-7-8-9-10-11-17(19-12-6-2)18-15-20(16(3)4)13-14-21-18/h5,16-19H,1,6-15H2,2-4H3. The monoisotopic (exact) mass is 296 g/mol. The summed E-state index contributed by atoms with van der Waals surface area (Å²) in [5.41, 5.74) is 0. The van der Waals surface area contributed by atoms with E-state index < -0.39 is 0 Å². The number of unbranched alkanes of at least 4 members (excludes halogenated alkanes) is 3. The Morgan fingerprint density at radius 2 is 2.14 bits per heavy atom. The molecule has 0 aromatic heterocycles. The molecular weight excluding hydrogens is 260 g/mol. The highest BCUT2D eigenvalue weighted by Gasteiger charge is 2.28. The summed E-state index contributed by atoms with van der Waals surface area (Å²) in [6.45, 7) is 14.7. The van der Waals surface area contributed by atoms with Gasteiger partial charge in [-0.05, 0) is 46.1 Å². The van der Waals surface area contributed by atoms with E-state index in [1.807, 2.05) is 6.08 Å². The molecule has 1 rings (SSSR count). The molecule has 0 bridgehead atoms. The van der Waals surface area contributed by atoms with Gasteiger partial charge in [0.1, 0.15) is 0 Å². The van der Waals surface area contributed by atoms with Crippen molar-refractivity contribution < 1.29 is 4.74 Å². The van der Waals surface area contributed by atoms with Gasteiger partial charge in [-0.1, -0.05) is 25.8 Å². The van der Waals surface area contributed by atoms with Crippen LogP contribution in [0.2, 0.25) is 0 Å². The lowest BCUT2D eigenvalue weighted by molar-refractivity contribution is -0.0567. The zero-order valence-electron chi connectivity index (χ0n) is 14.4. The number of nitrogens with one attached hydrogen (secondary N) is 1. The average molecular weight is 296 g/mol.